The predicted molar refractivity (Wildman–Crippen MR) is 117 cm³/mol. The van der Waals surface area contributed by atoms with Crippen LogP contribution in [0.3, 0.4) is 0 Å². The van der Waals surface area contributed by atoms with Gasteiger partial charge in [-0.05, 0) is 65.6 Å². The monoisotopic (exact) mass is 445 g/mol. The summed E-state index contributed by atoms with van der Waals surface area (Å²) < 4.78 is 31.3. The Balaban J connectivity index is 1.72. The molecule has 0 bridgehead atoms. The van der Waals surface area contributed by atoms with Crippen LogP contribution in [0.4, 0.5) is 0 Å². The maximum Gasteiger partial charge on any atom is 0.307 e. The van der Waals surface area contributed by atoms with Gasteiger partial charge in [0.15, 0.2) is 0 Å². The second kappa shape index (κ2) is 7.83. The minimum Gasteiger partial charge on any atom is -0.302 e. The molecule has 0 aliphatic rings. The zero-order valence-corrected chi connectivity index (χ0v) is 18.3. The largest absolute Gasteiger partial charge is 0.307 e. The smallest absolute Gasteiger partial charge is 0.302 e. The molecule has 1 aromatic carbocycles. The number of hydrogen-bond donors (Lipinski definition) is 1. The van der Waals surface area contributed by atoms with E-state index in [1.807, 2.05) is 35.9 Å². The molecule has 3 heterocycles. The van der Waals surface area contributed by atoms with Gasteiger partial charge in [0.25, 0.3) is 0 Å². The molecule has 0 fully saturated rings. The van der Waals surface area contributed by atoms with Crippen molar-refractivity contribution in [2.45, 2.75) is 24.3 Å². The van der Waals surface area contributed by atoms with Gasteiger partial charge in [-0.3, -0.25) is 9.78 Å². The van der Waals surface area contributed by atoms with E-state index < -0.39 is 16.1 Å². The molecule has 0 radical (unpaired) electrons. The number of fused-ring (bicyclic) bond motifs is 1. The maximum atomic E-state index is 13.2. The molecule has 9 heteroatoms. The number of thiophene rings is 1. The van der Waals surface area contributed by atoms with Gasteiger partial charge in [-0.25, -0.2) is 13.1 Å². The van der Waals surface area contributed by atoms with Gasteiger partial charge in [-0.2, -0.15) is 11.3 Å². The van der Waals surface area contributed by atoms with Crippen LogP contribution in [0.5, 0.6) is 0 Å². The van der Waals surface area contributed by atoms with Gasteiger partial charge < -0.3 is 4.57 Å². The second-order valence-electron chi connectivity index (χ2n) is 6.77. The molecular formula is C20H19N3O3S3. The fraction of sp³-hybridized carbons (Fsp3) is 0.200. The molecule has 1 unspecified atom stereocenters. The van der Waals surface area contributed by atoms with E-state index in [9.17, 15) is 13.2 Å². The Morgan fingerprint density at radius 3 is 2.79 bits per heavy atom. The lowest BCUT2D eigenvalue weighted by Crippen LogP contribution is -2.31. The molecule has 150 valence electrons. The molecule has 0 aliphatic carbocycles. The van der Waals surface area contributed by atoms with E-state index in [4.69, 9.17) is 0 Å². The standard InChI is InChI=1S/C20H19N3O3S3/c1-13-4-3-8-21-19(13)16(10-14-7-9-27-12-14)22-29(25,26)15-5-6-17-18(11-15)28-20(24)23(17)2/h3-9,11-12,16,22H,10H2,1-2H3. The average Bonchev–Trinajstić information content (AvgIpc) is 3.29. The first-order valence-electron chi connectivity index (χ1n) is 8.89. The summed E-state index contributed by atoms with van der Waals surface area (Å²) in [4.78, 5) is 16.3. The van der Waals surface area contributed by atoms with Crippen LogP contribution in [-0.4, -0.2) is 18.0 Å². The SMILES string of the molecule is Cc1cccnc1C(Cc1ccsc1)NS(=O)(=O)c1ccc2c(c1)sc(=O)n2C. The van der Waals surface area contributed by atoms with Crippen molar-refractivity contribution in [3.05, 3.63) is 79.8 Å². The molecule has 0 amide bonds. The predicted octanol–water partition coefficient (Wildman–Crippen LogP) is 3.63. The van der Waals surface area contributed by atoms with Crippen LogP contribution >= 0.6 is 22.7 Å². The van der Waals surface area contributed by atoms with Gasteiger partial charge in [0.1, 0.15) is 0 Å². The van der Waals surface area contributed by atoms with Crippen LogP contribution in [0.15, 0.2) is 63.0 Å². The highest BCUT2D eigenvalue weighted by Crippen LogP contribution is 2.26. The Hall–Kier alpha value is -2.33. The highest BCUT2D eigenvalue weighted by Gasteiger charge is 2.24. The zero-order chi connectivity index (χ0) is 20.6. The van der Waals surface area contributed by atoms with E-state index >= 15 is 0 Å². The topological polar surface area (TPSA) is 81.1 Å². The molecule has 0 saturated carbocycles. The number of nitrogens with one attached hydrogen (secondary N) is 1. The number of aryl methyl sites for hydroxylation is 2. The second-order valence-corrected chi connectivity index (χ2v) is 10.3. The Morgan fingerprint density at radius 1 is 1.24 bits per heavy atom. The maximum absolute atomic E-state index is 13.2. The molecule has 0 aliphatic heterocycles. The zero-order valence-electron chi connectivity index (χ0n) is 15.8. The summed E-state index contributed by atoms with van der Waals surface area (Å²) in [6.45, 7) is 1.92. The summed E-state index contributed by atoms with van der Waals surface area (Å²) in [7, 11) is -2.14. The number of sulfonamides is 1. The number of aromatic nitrogens is 2. The normalized spacial score (nSPS) is 13.0. The van der Waals surface area contributed by atoms with Crippen molar-refractivity contribution in [2.75, 3.05) is 0 Å². The van der Waals surface area contributed by atoms with Crippen LogP contribution in [-0.2, 0) is 23.5 Å². The number of rotatable bonds is 6. The van der Waals surface area contributed by atoms with Crippen molar-refractivity contribution in [2.24, 2.45) is 7.05 Å². The van der Waals surface area contributed by atoms with Gasteiger partial charge >= 0.3 is 4.87 Å². The Labute approximate surface area is 176 Å². The Morgan fingerprint density at radius 2 is 2.07 bits per heavy atom. The molecule has 3 aromatic heterocycles. The summed E-state index contributed by atoms with van der Waals surface area (Å²) in [5.41, 5.74) is 3.39. The lowest BCUT2D eigenvalue weighted by molar-refractivity contribution is 0.549. The fourth-order valence-corrected chi connectivity index (χ4v) is 6.14. The van der Waals surface area contributed by atoms with Crippen LogP contribution in [0, 0.1) is 6.92 Å². The Kier molecular flexibility index (Phi) is 5.39. The van der Waals surface area contributed by atoms with Gasteiger partial charge in [0, 0.05) is 13.2 Å². The lowest BCUT2D eigenvalue weighted by Gasteiger charge is -2.20. The quantitative estimate of drug-likeness (QED) is 0.491. The van der Waals surface area contributed by atoms with Gasteiger partial charge in [0.2, 0.25) is 10.0 Å². The summed E-state index contributed by atoms with van der Waals surface area (Å²) in [6, 6.07) is 9.99. The molecule has 1 N–H and O–H groups in total. The number of benzene rings is 1. The summed E-state index contributed by atoms with van der Waals surface area (Å²) in [6.07, 6.45) is 2.17. The van der Waals surface area contributed by atoms with Crippen molar-refractivity contribution in [1.82, 2.24) is 14.3 Å². The molecule has 29 heavy (non-hydrogen) atoms. The van der Waals surface area contributed by atoms with E-state index in [1.54, 1.807) is 36.7 Å². The lowest BCUT2D eigenvalue weighted by atomic mass is 10.0. The summed E-state index contributed by atoms with van der Waals surface area (Å²) in [5, 5.41) is 3.98. The van der Waals surface area contributed by atoms with Crippen molar-refractivity contribution in [3.63, 3.8) is 0 Å². The van der Waals surface area contributed by atoms with Crippen LogP contribution in [0.1, 0.15) is 22.9 Å². The number of hydrogen-bond acceptors (Lipinski definition) is 6. The van der Waals surface area contributed by atoms with Gasteiger partial charge in [-0.1, -0.05) is 17.4 Å². The molecule has 4 aromatic rings. The number of pyridine rings is 1. The van der Waals surface area contributed by atoms with Crippen LogP contribution < -0.4 is 9.60 Å². The molecular weight excluding hydrogens is 426 g/mol. The third kappa shape index (κ3) is 4.04. The average molecular weight is 446 g/mol. The molecule has 1 atom stereocenters. The molecule has 0 saturated heterocycles. The molecule has 0 spiro atoms. The fourth-order valence-electron chi connectivity index (χ4n) is 3.24. The third-order valence-corrected chi connectivity index (χ3v) is 7.97. The van der Waals surface area contributed by atoms with Crippen molar-refractivity contribution in [3.8, 4) is 0 Å². The molecule has 6 nitrogen and oxygen atoms in total. The first-order chi connectivity index (χ1) is 13.8. The first-order valence-corrected chi connectivity index (χ1v) is 12.1. The van der Waals surface area contributed by atoms with Gasteiger partial charge in [0.05, 0.1) is 26.8 Å². The van der Waals surface area contributed by atoms with Crippen molar-refractivity contribution >= 4 is 42.9 Å². The van der Waals surface area contributed by atoms with Crippen LogP contribution in [0.2, 0.25) is 0 Å². The summed E-state index contributed by atoms with van der Waals surface area (Å²) in [5.74, 6) is 0. The summed E-state index contributed by atoms with van der Waals surface area (Å²) >= 11 is 2.61. The van der Waals surface area contributed by atoms with E-state index in [0.29, 0.717) is 22.3 Å². The van der Waals surface area contributed by atoms with Crippen molar-refractivity contribution < 1.29 is 8.42 Å². The third-order valence-electron chi connectivity index (χ3n) is 4.77. The minimum atomic E-state index is -3.81. The first kappa shape index (κ1) is 20.0. The van der Waals surface area contributed by atoms with Crippen molar-refractivity contribution in [1.29, 1.82) is 0 Å². The van der Waals surface area contributed by atoms with E-state index in [1.165, 1.54) is 10.6 Å². The number of nitrogens with zero attached hydrogens (tertiary/aromatic N) is 2. The number of thiazole rings is 1. The molecule has 4 rings (SSSR count). The van der Waals surface area contributed by atoms with E-state index in [0.717, 1.165) is 22.5 Å². The minimum absolute atomic E-state index is 0.123. The Bertz CT molecular complexity index is 1320. The highest BCUT2D eigenvalue weighted by atomic mass is 32.2. The van der Waals surface area contributed by atoms with Crippen LogP contribution in [0.25, 0.3) is 10.2 Å². The van der Waals surface area contributed by atoms with E-state index in [-0.39, 0.29) is 9.77 Å². The highest BCUT2D eigenvalue weighted by molar-refractivity contribution is 7.89. The van der Waals surface area contributed by atoms with Gasteiger partial charge in [-0.15, -0.1) is 0 Å². The van der Waals surface area contributed by atoms with E-state index in [2.05, 4.69) is 9.71 Å².